The van der Waals surface area contributed by atoms with Crippen LogP contribution in [-0.4, -0.2) is 45.3 Å². The molecule has 1 atom stereocenters. The Labute approximate surface area is 162 Å². The summed E-state index contributed by atoms with van der Waals surface area (Å²) in [6.07, 6.45) is 3.59. The van der Waals surface area contributed by atoms with Crippen molar-refractivity contribution in [3.8, 4) is 0 Å². The number of nitrogens with zero attached hydrogens (tertiary/aromatic N) is 4. The Morgan fingerprint density at radius 3 is 2.75 bits per heavy atom. The van der Waals surface area contributed by atoms with Gasteiger partial charge in [0.25, 0.3) is 5.91 Å². The first-order chi connectivity index (χ1) is 13.6. The van der Waals surface area contributed by atoms with Gasteiger partial charge in [0.2, 0.25) is 5.96 Å². The molecular weight excluding hydrogens is 354 g/mol. The number of benzene rings is 2. The first-order valence-corrected chi connectivity index (χ1v) is 8.99. The van der Waals surface area contributed by atoms with Crippen LogP contribution in [0.1, 0.15) is 17.2 Å². The van der Waals surface area contributed by atoms with E-state index in [9.17, 15) is 9.90 Å². The largest absolute Gasteiger partial charge is 0.394 e. The number of nitrogens with one attached hydrogen (secondary N) is 1. The van der Waals surface area contributed by atoms with Gasteiger partial charge in [-0.1, -0.05) is 36.4 Å². The quantitative estimate of drug-likeness (QED) is 0.684. The molecule has 1 amide bonds. The number of rotatable bonds is 4. The molecular formula is C21H21N5O2. The summed E-state index contributed by atoms with van der Waals surface area (Å²) >= 11 is 0. The minimum atomic E-state index is -0.440. The smallest absolute Gasteiger partial charge is 0.276 e. The third-order valence-corrected chi connectivity index (χ3v) is 4.82. The van der Waals surface area contributed by atoms with E-state index in [-0.39, 0.29) is 12.5 Å². The third-order valence-electron chi connectivity index (χ3n) is 4.82. The Bertz CT molecular complexity index is 1080. The van der Waals surface area contributed by atoms with Crippen molar-refractivity contribution in [2.75, 3.05) is 13.7 Å². The highest BCUT2D eigenvalue weighted by atomic mass is 16.3. The van der Waals surface area contributed by atoms with Gasteiger partial charge in [-0.25, -0.2) is 4.99 Å². The second-order valence-corrected chi connectivity index (χ2v) is 6.70. The fourth-order valence-corrected chi connectivity index (χ4v) is 3.23. The van der Waals surface area contributed by atoms with E-state index in [2.05, 4.69) is 15.4 Å². The Morgan fingerprint density at radius 2 is 2.00 bits per heavy atom. The number of carbonyl (C=O) groups excluding carboxylic acids is 1. The number of amides is 1. The summed E-state index contributed by atoms with van der Waals surface area (Å²) in [5.41, 5.74) is 3.25. The number of aliphatic imine (C=N–C) groups is 1. The van der Waals surface area contributed by atoms with Gasteiger partial charge in [0.05, 0.1) is 18.3 Å². The molecule has 0 radical (unpaired) electrons. The average Bonchev–Trinajstić information content (AvgIpc) is 3.21. The van der Waals surface area contributed by atoms with E-state index >= 15 is 0 Å². The molecule has 3 aromatic rings. The second kappa shape index (κ2) is 7.28. The first kappa shape index (κ1) is 17.9. The minimum Gasteiger partial charge on any atom is -0.394 e. The van der Waals surface area contributed by atoms with Gasteiger partial charge in [0, 0.05) is 19.5 Å². The highest BCUT2D eigenvalue weighted by Gasteiger charge is 2.29. The minimum absolute atomic E-state index is 0.145. The van der Waals surface area contributed by atoms with Gasteiger partial charge in [0.1, 0.15) is 11.7 Å². The zero-order chi connectivity index (χ0) is 19.7. The standard InChI is InChI=1S/C21H21N5O2/c1-25-20(28)17(11-14-8-9-19-16(10-14)12-22-26(19)2)23-21(25)24-18(13-27)15-6-4-3-5-7-15/h3-12,18,27H,13H2,1-2H3,(H,23,24)/b17-11-/t18-/m0/s1. The Hall–Kier alpha value is -3.45. The van der Waals surface area contributed by atoms with E-state index in [0.29, 0.717) is 11.7 Å². The Morgan fingerprint density at radius 1 is 1.21 bits per heavy atom. The molecule has 28 heavy (non-hydrogen) atoms. The van der Waals surface area contributed by atoms with E-state index in [1.54, 1.807) is 19.3 Å². The molecule has 2 aromatic carbocycles. The highest BCUT2D eigenvalue weighted by molar-refractivity contribution is 6.15. The normalized spacial score (nSPS) is 18.2. The molecule has 1 aliphatic rings. The van der Waals surface area contributed by atoms with Crippen LogP contribution < -0.4 is 5.32 Å². The average molecular weight is 375 g/mol. The van der Waals surface area contributed by atoms with Gasteiger partial charge in [-0.15, -0.1) is 0 Å². The number of guanidine groups is 1. The van der Waals surface area contributed by atoms with E-state index in [1.165, 1.54) is 4.90 Å². The highest BCUT2D eigenvalue weighted by Crippen LogP contribution is 2.21. The molecule has 0 unspecified atom stereocenters. The van der Waals surface area contributed by atoms with Crippen LogP contribution in [0.3, 0.4) is 0 Å². The maximum absolute atomic E-state index is 12.6. The zero-order valence-electron chi connectivity index (χ0n) is 15.7. The fourth-order valence-electron chi connectivity index (χ4n) is 3.23. The lowest BCUT2D eigenvalue weighted by molar-refractivity contribution is -0.121. The van der Waals surface area contributed by atoms with Crippen molar-refractivity contribution >= 4 is 28.8 Å². The van der Waals surface area contributed by atoms with Crippen molar-refractivity contribution in [3.05, 3.63) is 71.6 Å². The lowest BCUT2D eigenvalue weighted by Gasteiger charge is -2.13. The Balaban J connectivity index is 1.63. The molecule has 0 spiro atoms. The molecule has 1 fully saturated rings. The maximum atomic E-state index is 12.6. The van der Waals surface area contributed by atoms with E-state index in [4.69, 9.17) is 0 Å². The number of fused-ring (bicyclic) bond motifs is 1. The molecule has 1 aliphatic heterocycles. The van der Waals surface area contributed by atoms with Crippen LogP contribution >= 0.6 is 0 Å². The monoisotopic (exact) mass is 375 g/mol. The van der Waals surface area contributed by atoms with Crippen molar-refractivity contribution in [3.63, 3.8) is 0 Å². The molecule has 0 aliphatic carbocycles. The molecule has 7 nitrogen and oxygen atoms in total. The van der Waals surface area contributed by atoms with Crippen LogP contribution in [-0.2, 0) is 11.8 Å². The fraction of sp³-hybridized carbons (Fsp3) is 0.190. The van der Waals surface area contributed by atoms with Crippen molar-refractivity contribution in [1.82, 2.24) is 20.0 Å². The zero-order valence-corrected chi connectivity index (χ0v) is 15.7. The van der Waals surface area contributed by atoms with Crippen molar-refractivity contribution < 1.29 is 9.90 Å². The summed E-state index contributed by atoms with van der Waals surface area (Å²) in [4.78, 5) is 18.6. The third kappa shape index (κ3) is 3.27. The summed E-state index contributed by atoms with van der Waals surface area (Å²) in [5, 5.41) is 18.1. The molecule has 7 heteroatoms. The van der Waals surface area contributed by atoms with Gasteiger partial charge < -0.3 is 10.4 Å². The van der Waals surface area contributed by atoms with E-state index < -0.39 is 6.04 Å². The number of likely N-dealkylation sites (N-methyl/N-ethyl adjacent to an activating group) is 1. The molecule has 0 bridgehead atoms. The van der Waals surface area contributed by atoms with Crippen LogP contribution in [0.5, 0.6) is 0 Å². The van der Waals surface area contributed by atoms with Crippen molar-refractivity contribution in [2.24, 2.45) is 12.0 Å². The summed E-state index contributed by atoms with van der Waals surface area (Å²) in [7, 11) is 3.56. The number of aliphatic hydroxyl groups is 1. The summed E-state index contributed by atoms with van der Waals surface area (Å²) < 4.78 is 1.81. The van der Waals surface area contributed by atoms with Crippen LogP contribution in [0.25, 0.3) is 17.0 Å². The molecule has 4 rings (SSSR count). The number of aromatic nitrogens is 2. The van der Waals surface area contributed by atoms with Crippen molar-refractivity contribution in [1.29, 1.82) is 0 Å². The van der Waals surface area contributed by atoms with Gasteiger partial charge in [-0.2, -0.15) is 5.10 Å². The van der Waals surface area contributed by atoms with E-state index in [1.807, 2.05) is 60.3 Å². The molecule has 2 heterocycles. The molecule has 142 valence electrons. The predicted molar refractivity (Wildman–Crippen MR) is 108 cm³/mol. The number of carbonyl (C=O) groups is 1. The van der Waals surface area contributed by atoms with Crippen LogP contribution in [0, 0.1) is 0 Å². The van der Waals surface area contributed by atoms with Gasteiger partial charge in [-0.3, -0.25) is 14.4 Å². The topological polar surface area (TPSA) is 82.8 Å². The van der Waals surface area contributed by atoms with E-state index in [0.717, 1.165) is 22.0 Å². The van der Waals surface area contributed by atoms with Crippen LogP contribution in [0.2, 0.25) is 0 Å². The Kier molecular flexibility index (Phi) is 4.67. The number of hydrogen-bond acceptors (Lipinski definition) is 4. The number of hydrogen-bond donors (Lipinski definition) is 2. The number of aliphatic hydroxyl groups excluding tert-OH is 1. The number of aryl methyl sites for hydroxylation is 1. The summed E-state index contributed by atoms with van der Waals surface area (Å²) in [6, 6.07) is 15.0. The SMILES string of the molecule is CN1C(=O)/C(=C/c2ccc3c(cnn3C)c2)NC1=N[C@@H](CO)c1ccccc1. The predicted octanol–water partition coefficient (Wildman–Crippen LogP) is 2.07. The molecule has 0 saturated carbocycles. The lowest BCUT2D eigenvalue weighted by Crippen LogP contribution is -2.29. The molecule has 1 aromatic heterocycles. The van der Waals surface area contributed by atoms with Gasteiger partial charge >= 0.3 is 0 Å². The summed E-state index contributed by atoms with van der Waals surface area (Å²) in [5.74, 6) is 0.247. The maximum Gasteiger partial charge on any atom is 0.276 e. The van der Waals surface area contributed by atoms with Crippen molar-refractivity contribution in [2.45, 2.75) is 6.04 Å². The van der Waals surface area contributed by atoms with Crippen LogP contribution in [0.4, 0.5) is 0 Å². The molecule has 2 N–H and O–H groups in total. The molecule has 1 saturated heterocycles. The van der Waals surface area contributed by atoms with Crippen LogP contribution in [0.15, 0.2) is 65.4 Å². The van der Waals surface area contributed by atoms with Gasteiger partial charge in [0.15, 0.2) is 0 Å². The first-order valence-electron chi connectivity index (χ1n) is 8.99. The summed E-state index contributed by atoms with van der Waals surface area (Å²) in [6.45, 7) is -0.145. The lowest BCUT2D eigenvalue weighted by atomic mass is 10.1. The van der Waals surface area contributed by atoms with Gasteiger partial charge in [-0.05, 0) is 29.3 Å². The second-order valence-electron chi connectivity index (χ2n) is 6.70.